The molecule has 19 heavy (non-hydrogen) atoms. The molecule has 5 nitrogen and oxygen atoms in total. The van der Waals surface area contributed by atoms with Crippen molar-refractivity contribution in [1.82, 2.24) is 10.6 Å². The van der Waals surface area contributed by atoms with E-state index in [1.165, 1.54) is 0 Å². The normalized spacial score (nSPS) is 9.79. The molecule has 2 N–H and O–H groups in total. The number of hydrogen-bond acceptors (Lipinski definition) is 3. The molecule has 2 amide bonds. The highest BCUT2D eigenvalue weighted by molar-refractivity contribution is 14.1. The standard InChI is InChI=1S/C12H14ClIN2O3/c13-5-8-19-12(18)16-7-6-15-11(17)9-3-1-2-4-10(9)14/h1-4H,5-8H2,(H,15,17)(H,16,18). The van der Waals surface area contributed by atoms with Gasteiger partial charge in [0.05, 0.1) is 11.4 Å². The second kappa shape index (κ2) is 8.98. The fraction of sp³-hybridized carbons (Fsp3) is 0.333. The predicted molar refractivity (Wildman–Crippen MR) is 81.6 cm³/mol. The van der Waals surface area contributed by atoms with Crippen LogP contribution in [0.5, 0.6) is 0 Å². The van der Waals surface area contributed by atoms with Gasteiger partial charge in [0.1, 0.15) is 6.61 Å². The molecule has 0 unspecified atom stereocenters. The fourth-order valence-corrected chi connectivity index (χ4v) is 1.97. The van der Waals surface area contributed by atoms with E-state index in [9.17, 15) is 9.59 Å². The van der Waals surface area contributed by atoms with E-state index < -0.39 is 6.09 Å². The van der Waals surface area contributed by atoms with Crippen molar-refractivity contribution < 1.29 is 14.3 Å². The summed E-state index contributed by atoms with van der Waals surface area (Å²) < 4.78 is 5.59. The molecule has 7 heteroatoms. The molecule has 0 aliphatic heterocycles. The molecule has 0 fully saturated rings. The average molecular weight is 397 g/mol. The molecule has 0 saturated heterocycles. The maximum atomic E-state index is 11.8. The van der Waals surface area contributed by atoms with Gasteiger partial charge in [-0.3, -0.25) is 4.79 Å². The van der Waals surface area contributed by atoms with Crippen molar-refractivity contribution in [3.63, 3.8) is 0 Å². The van der Waals surface area contributed by atoms with Gasteiger partial charge in [-0.2, -0.15) is 0 Å². The lowest BCUT2D eigenvalue weighted by molar-refractivity contribution is 0.0951. The van der Waals surface area contributed by atoms with E-state index in [2.05, 4.69) is 33.2 Å². The minimum absolute atomic E-state index is 0.166. The van der Waals surface area contributed by atoms with Gasteiger partial charge >= 0.3 is 6.09 Å². The summed E-state index contributed by atoms with van der Waals surface area (Å²) >= 11 is 7.47. The first-order valence-electron chi connectivity index (χ1n) is 5.64. The second-order valence-corrected chi connectivity index (χ2v) is 5.03. The smallest absolute Gasteiger partial charge is 0.407 e. The van der Waals surface area contributed by atoms with Gasteiger partial charge in [-0.05, 0) is 34.7 Å². The van der Waals surface area contributed by atoms with Gasteiger partial charge in [-0.25, -0.2) is 4.79 Å². The Hall–Kier alpha value is -1.02. The van der Waals surface area contributed by atoms with Crippen LogP contribution in [0.25, 0.3) is 0 Å². The topological polar surface area (TPSA) is 67.4 Å². The quantitative estimate of drug-likeness (QED) is 0.439. The highest BCUT2D eigenvalue weighted by Crippen LogP contribution is 2.10. The first-order chi connectivity index (χ1) is 9.15. The second-order valence-electron chi connectivity index (χ2n) is 3.49. The van der Waals surface area contributed by atoms with Crippen molar-refractivity contribution in [2.24, 2.45) is 0 Å². The van der Waals surface area contributed by atoms with Gasteiger partial charge < -0.3 is 15.4 Å². The lowest BCUT2D eigenvalue weighted by Gasteiger charge is -2.08. The number of benzene rings is 1. The van der Waals surface area contributed by atoms with Gasteiger partial charge in [0, 0.05) is 16.7 Å². The molecule has 104 valence electrons. The number of halogens is 2. The van der Waals surface area contributed by atoms with Crippen molar-refractivity contribution in [2.75, 3.05) is 25.6 Å². The van der Waals surface area contributed by atoms with Crippen LogP contribution < -0.4 is 10.6 Å². The van der Waals surface area contributed by atoms with E-state index >= 15 is 0 Å². The molecule has 1 aromatic rings. The summed E-state index contributed by atoms with van der Waals surface area (Å²) in [4.78, 5) is 22.9. The molecule has 1 aromatic carbocycles. The van der Waals surface area contributed by atoms with Gasteiger partial charge in [0.2, 0.25) is 0 Å². The molecular weight excluding hydrogens is 382 g/mol. The van der Waals surface area contributed by atoms with E-state index in [0.29, 0.717) is 18.7 Å². The molecule has 1 rings (SSSR count). The number of alkyl halides is 1. The number of rotatable bonds is 6. The molecule has 0 atom stereocenters. The third kappa shape index (κ3) is 6.11. The van der Waals surface area contributed by atoms with Crippen LogP contribution in [0.1, 0.15) is 10.4 Å². The van der Waals surface area contributed by atoms with E-state index in [1.54, 1.807) is 12.1 Å². The molecule has 0 bridgehead atoms. The van der Waals surface area contributed by atoms with Gasteiger partial charge in [0.15, 0.2) is 0 Å². The van der Waals surface area contributed by atoms with Crippen molar-refractivity contribution in [1.29, 1.82) is 0 Å². The fourth-order valence-electron chi connectivity index (χ4n) is 1.26. The SMILES string of the molecule is O=C(NCCNC(=O)c1ccccc1I)OCCCl. The summed E-state index contributed by atoms with van der Waals surface area (Å²) in [6, 6.07) is 7.28. The molecule has 0 aliphatic carbocycles. The van der Waals surface area contributed by atoms with Crippen molar-refractivity contribution >= 4 is 46.2 Å². The lowest BCUT2D eigenvalue weighted by atomic mass is 10.2. The Bertz CT molecular complexity index is 443. The van der Waals surface area contributed by atoms with Crippen LogP contribution in [0.2, 0.25) is 0 Å². The summed E-state index contributed by atoms with van der Waals surface area (Å²) in [5.74, 6) is 0.0947. The monoisotopic (exact) mass is 396 g/mol. The summed E-state index contributed by atoms with van der Waals surface area (Å²) in [7, 11) is 0. The first kappa shape index (κ1) is 16.0. The summed E-state index contributed by atoms with van der Waals surface area (Å²) in [6.45, 7) is 0.804. The van der Waals surface area contributed by atoms with Gasteiger partial charge in [0.25, 0.3) is 5.91 Å². The average Bonchev–Trinajstić information content (AvgIpc) is 2.41. The third-order valence-corrected chi connectivity index (χ3v) is 3.20. The minimum Gasteiger partial charge on any atom is -0.448 e. The predicted octanol–water partition coefficient (Wildman–Crippen LogP) is 1.99. The highest BCUT2D eigenvalue weighted by atomic mass is 127. The number of carbonyl (C=O) groups excluding carboxylic acids is 2. The summed E-state index contributed by atoms with van der Waals surface area (Å²) in [5, 5.41) is 5.21. The molecule has 0 heterocycles. The van der Waals surface area contributed by atoms with Crippen LogP contribution in [0.4, 0.5) is 4.79 Å². The van der Waals surface area contributed by atoms with Crippen LogP contribution in [-0.2, 0) is 4.74 Å². The van der Waals surface area contributed by atoms with Crippen molar-refractivity contribution in [3.8, 4) is 0 Å². The zero-order chi connectivity index (χ0) is 14.1. The van der Waals surface area contributed by atoms with Crippen LogP contribution in [0.3, 0.4) is 0 Å². The van der Waals surface area contributed by atoms with E-state index in [0.717, 1.165) is 3.57 Å². The van der Waals surface area contributed by atoms with Crippen molar-refractivity contribution in [3.05, 3.63) is 33.4 Å². The van der Waals surface area contributed by atoms with Crippen LogP contribution >= 0.6 is 34.2 Å². The number of ether oxygens (including phenoxy) is 1. The highest BCUT2D eigenvalue weighted by Gasteiger charge is 2.08. The third-order valence-electron chi connectivity index (χ3n) is 2.11. The van der Waals surface area contributed by atoms with E-state index in [4.69, 9.17) is 16.3 Å². The Morgan fingerprint density at radius 1 is 1.21 bits per heavy atom. The summed E-state index contributed by atoms with van der Waals surface area (Å²) in [6.07, 6.45) is -0.538. The number of hydrogen-bond donors (Lipinski definition) is 2. The molecule has 0 aromatic heterocycles. The van der Waals surface area contributed by atoms with Crippen molar-refractivity contribution in [2.45, 2.75) is 0 Å². The molecular formula is C12H14ClIN2O3. The maximum absolute atomic E-state index is 11.8. The largest absolute Gasteiger partial charge is 0.448 e. The lowest BCUT2D eigenvalue weighted by Crippen LogP contribution is -2.35. The number of carbonyl (C=O) groups is 2. The Balaban J connectivity index is 2.25. The molecule has 0 radical (unpaired) electrons. The maximum Gasteiger partial charge on any atom is 0.407 e. The molecule has 0 aliphatic rings. The van der Waals surface area contributed by atoms with E-state index in [1.807, 2.05) is 12.1 Å². The zero-order valence-electron chi connectivity index (χ0n) is 10.1. The Morgan fingerprint density at radius 3 is 2.58 bits per heavy atom. The van der Waals surface area contributed by atoms with Crippen LogP contribution in [0, 0.1) is 3.57 Å². The Labute approximate surface area is 130 Å². The van der Waals surface area contributed by atoms with Gasteiger partial charge in [-0.15, -0.1) is 11.6 Å². The van der Waals surface area contributed by atoms with Crippen LogP contribution in [0.15, 0.2) is 24.3 Å². The first-order valence-corrected chi connectivity index (χ1v) is 7.26. The zero-order valence-corrected chi connectivity index (χ0v) is 13.0. The Kier molecular flexibility index (Phi) is 7.57. The number of alkyl carbamates (subject to hydrolysis) is 1. The van der Waals surface area contributed by atoms with Gasteiger partial charge in [-0.1, -0.05) is 12.1 Å². The van der Waals surface area contributed by atoms with E-state index in [-0.39, 0.29) is 18.4 Å². The number of nitrogens with one attached hydrogen (secondary N) is 2. The molecule has 0 spiro atoms. The van der Waals surface area contributed by atoms with Crippen LogP contribution in [-0.4, -0.2) is 37.6 Å². The Morgan fingerprint density at radius 2 is 1.89 bits per heavy atom. The minimum atomic E-state index is -0.538. The molecule has 0 saturated carbocycles. The summed E-state index contributed by atoms with van der Waals surface area (Å²) in [5.41, 5.74) is 0.618. The number of amides is 2.